The van der Waals surface area contributed by atoms with E-state index in [0.29, 0.717) is 17.0 Å². The predicted molar refractivity (Wildman–Crippen MR) is 67.6 cm³/mol. The maximum absolute atomic E-state index is 12.8. The van der Waals surface area contributed by atoms with Crippen molar-refractivity contribution in [3.63, 3.8) is 0 Å². The second-order valence-corrected chi connectivity index (χ2v) is 3.85. The molecule has 0 radical (unpaired) electrons. The van der Waals surface area contributed by atoms with Crippen molar-refractivity contribution in [3.05, 3.63) is 42.0 Å². The Morgan fingerprint density at radius 1 is 1.37 bits per heavy atom. The van der Waals surface area contributed by atoms with Gasteiger partial charge in [0.15, 0.2) is 0 Å². The number of benzene rings is 1. The summed E-state index contributed by atoms with van der Waals surface area (Å²) in [4.78, 5) is 19.5. The summed E-state index contributed by atoms with van der Waals surface area (Å²) in [7, 11) is 1.29. The molecule has 2 aromatic rings. The molecular weight excluding hydrogens is 249 g/mol. The number of rotatable bonds is 3. The Morgan fingerprint density at radius 3 is 2.68 bits per heavy atom. The maximum atomic E-state index is 12.8. The molecule has 98 valence electrons. The van der Waals surface area contributed by atoms with Crippen LogP contribution in [-0.4, -0.2) is 23.0 Å². The number of nitrogens with zero attached hydrogens (tertiary/aromatic N) is 2. The van der Waals surface area contributed by atoms with Crippen molar-refractivity contribution in [3.8, 4) is 11.3 Å². The van der Waals surface area contributed by atoms with Crippen LogP contribution >= 0.6 is 0 Å². The molecule has 0 amide bonds. The van der Waals surface area contributed by atoms with Crippen LogP contribution in [0.25, 0.3) is 11.3 Å². The molecule has 0 aliphatic carbocycles. The van der Waals surface area contributed by atoms with E-state index in [1.54, 1.807) is 12.1 Å². The number of anilines is 1. The van der Waals surface area contributed by atoms with Gasteiger partial charge in [-0.15, -0.1) is 0 Å². The lowest BCUT2D eigenvalue weighted by molar-refractivity contribution is -0.139. The first kappa shape index (κ1) is 12.9. The van der Waals surface area contributed by atoms with Gasteiger partial charge in [0.2, 0.25) is 0 Å². The highest BCUT2D eigenvalue weighted by molar-refractivity contribution is 5.73. The lowest BCUT2D eigenvalue weighted by Gasteiger charge is -2.06. The Labute approximate surface area is 109 Å². The molecule has 0 spiro atoms. The van der Waals surface area contributed by atoms with Gasteiger partial charge in [0.1, 0.15) is 11.6 Å². The molecule has 5 nitrogen and oxygen atoms in total. The number of hydrogen-bond acceptors (Lipinski definition) is 5. The number of halogens is 1. The molecule has 0 unspecified atom stereocenters. The summed E-state index contributed by atoms with van der Waals surface area (Å²) in [6.45, 7) is 0. The number of nitrogens with two attached hydrogens (primary N) is 1. The zero-order chi connectivity index (χ0) is 13.8. The fourth-order valence-corrected chi connectivity index (χ4v) is 1.54. The third-order valence-corrected chi connectivity index (χ3v) is 2.56. The molecular formula is C13H12FN3O2. The molecule has 2 N–H and O–H groups in total. The lowest BCUT2D eigenvalue weighted by atomic mass is 10.1. The van der Waals surface area contributed by atoms with Gasteiger partial charge in [-0.25, -0.2) is 14.4 Å². The predicted octanol–water partition coefficient (Wildman–Crippen LogP) is 1.58. The fraction of sp³-hybridized carbons (Fsp3) is 0.154. The summed E-state index contributed by atoms with van der Waals surface area (Å²) in [6, 6.07) is 5.82. The number of aromatic nitrogens is 2. The van der Waals surface area contributed by atoms with E-state index in [-0.39, 0.29) is 18.1 Å². The van der Waals surface area contributed by atoms with Crippen LogP contribution in [0.2, 0.25) is 0 Å². The number of methoxy groups -OCH3 is 1. The average molecular weight is 261 g/mol. The van der Waals surface area contributed by atoms with Crippen LogP contribution < -0.4 is 5.73 Å². The van der Waals surface area contributed by atoms with Crippen LogP contribution in [0.4, 0.5) is 10.2 Å². The smallest absolute Gasteiger partial charge is 0.311 e. The number of carbonyl (C=O) groups is 1. The first-order valence-corrected chi connectivity index (χ1v) is 5.54. The third-order valence-electron chi connectivity index (χ3n) is 2.56. The van der Waals surface area contributed by atoms with E-state index in [9.17, 15) is 9.18 Å². The largest absolute Gasteiger partial charge is 0.469 e. The molecule has 6 heteroatoms. The average Bonchev–Trinajstić information content (AvgIpc) is 2.42. The topological polar surface area (TPSA) is 78.1 Å². The van der Waals surface area contributed by atoms with Crippen LogP contribution in [-0.2, 0) is 16.0 Å². The minimum Gasteiger partial charge on any atom is -0.469 e. The molecule has 1 aromatic carbocycles. The molecule has 1 aromatic heterocycles. The Balaban J connectivity index is 2.35. The summed E-state index contributed by atoms with van der Waals surface area (Å²) in [5, 5.41) is 0. The van der Waals surface area contributed by atoms with Gasteiger partial charge in [0.05, 0.1) is 31.1 Å². The van der Waals surface area contributed by atoms with Gasteiger partial charge in [-0.2, -0.15) is 0 Å². The van der Waals surface area contributed by atoms with E-state index in [0.717, 1.165) is 0 Å². The fourth-order valence-electron chi connectivity index (χ4n) is 1.54. The van der Waals surface area contributed by atoms with Crippen LogP contribution in [0.5, 0.6) is 0 Å². The van der Waals surface area contributed by atoms with Gasteiger partial charge in [0, 0.05) is 5.56 Å². The van der Waals surface area contributed by atoms with Crippen molar-refractivity contribution >= 4 is 11.8 Å². The maximum Gasteiger partial charge on any atom is 0.311 e. The van der Waals surface area contributed by atoms with Crippen molar-refractivity contribution in [2.24, 2.45) is 0 Å². The number of esters is 1. The number of hydrogen-bond donors (Lipinski definition) is 1. The molecule has 0 aliphatic rings. The Morgan fingerprint density at radius 2 is 2.05 bits per heavy atom. The molecule has 2 rings (SSSR count). The third kappa shape index (κ3) is 3.04. The lowest BCUT2D eigenvalue weighted by Crippen LogP contribution is -2.10. The molecule has 0 bridgehead atoms. The van der Waals surface area contributed by atoms with E-state index in [1.165, 1.54) is 25.4 Å². The van der Waals surface area contributed by atoms with Gasteiger partial charge < -0.3 is 10.5 Å². The summed E-state index contributed by atoms with van der Waals surface area (Å²) >= 11 is 0. The first-order chi connectivity index (χ1) is 9.10. The Hall–Kier alpha value is -2.50. The monoisotopic (exact) mass is 261 g/mol. The van der Waals surface area contributed by atoms with Gasteiger partial charge in [-0.05, 0) is 24.3 Å². The highest BCUT2D eigenvalue weighted by atomic mass is 19.1. The summed E-state index contributed by atoms with van der Waals surface area (Å²) < 4.78 is 17.4. The standard InChI is InChI=1S/C13H12FN3O2/c1-19-12(18)6-10-13(15)16-7-11(17-10)8-2-4-9(14)5-3-8/h2-5,7H,6H2,1H3,(H2,15,16). The number of carbonyl (C=O) groups excluding carboxylic acids is 1. The summed E-state index contributed by atoms with van der Waals surface area (Å²) in [6.07, 6.45) is 1.42. The van der Waals surface area contributed by atoms with E-state index in [2.05, 4.69) is 14.7 Å². The van der Waals surface area contributed by atoms with Crippen molar-refractivity contribution < 1.29 is 13.9 Å². The van der Waals surface area contributed by atoms with Crippen LogP contribution in [0.1, 0.15) is 5.69 Å². The SMILES string of the molecule is COC(=O)Cc1nc(-c2ccc(F)cc2)cnc1N. The second kappa shape index (κ2) is 5.43. The van der Waals surface area contributed by atoms with E-state index >= 15 is 0 Å². The summed E-state index contributed by atoms with van der Waals surface area (Å²) in [5.74, 6) is -0.601. The number of ether oxygens (including phenoxy) is 1. The Bertz CT molecular complexity index is 599. The van der Waals surface area contributed by atoms with Crippen LogP contribution in [0.3, 0.4) is 0 Å². The molecule has 0 saturated carbocycles. The van der Waals surface area contributed by atoms with Crippen molar-refractivity contribution in [2.75, 3.05) is 12.8 Å². The quantitative estimate of drug-likeness (QED) is 0.849. The Kier molecular flexibility index (Phi) is 3.70. The zero-order valence-corrected chi connectivity index (χ0v) is 10.3. The van der Waals surface area contributed by atoms with E-state index in [4.69, 9.17) is 5.73 Å². The van der Waals surface area contributed by atoms with Crippen molar-refractivity contribution in [1.29, 1.82) is 0 Å². The van der Waals surface area contributed by atoms with Gasteiger partial charge in [-0.3, -0.25) is 4.79 Å². The molecule has 0 aliphatic heterocycles. The van der Waals surface area contributed by atoms with Gasteiger partial charge >= 0.3 is 5.97 Å². The minimum absolute atomic E-state index is 0.0512. The molecule has 0 atom stereocenters. The summed E-state index contributed by atoms with van der Waals surface area (Å²) in [5.41, 5.74) is 7.21. The minimum atomic E-state index is -0.447. The highest BCUT2D eigenvalue weighted by Gasteiger charge is 2.11. The zero-order valence-electron chi connectivity index (χ0n) is 10.3. The van der Waals surface area contributed by atoms with Crippen molar-refractivity contribution in [1.82, 2.24) is 9.97 Å². The van der Waals surface area contributed by atoms with Gasteiger partial charge in [0.25, 0.3) is 0 Å². The second-order valence-electron chi connectivity index (χ2n) is 3.85. The van der Waals surface area contributed by atoms with Crippen LogP contribution in [0.15, 0.2) is 30.5 Å². The van der Waals surface area contributed by atoms with Crippen molar-refractivity contribution in [2.45, 2.75) is 6.42 Å². The molecule has 0 saturated heterocycles. The highest BCUT2D eigenvalue weighted by Crippen LogP contribution is 2.19. The van der Waals surface area contributed by atoms with Gasteiger partial charge in [-0.1, -0.05) is 0 Å². The first-order valence-electron chi connectivity index (χ1n) is 5.54. The van der Waals surface area contributed by atoms with E-state index in [1.807, 2.05) is 0 Å². The number of nitrogen functional groups attached to an aromatic ring is 1. The van der Waals surface area contributed by atoms with E-state index < -0.39 is 5.97 Å². The molecule has 19 heavy (non-hydrogen) atoms. The van der Waals surface area contributed by atoms with Crippen LogP contribution in [0, 0.1) is 5.82 Å². The normalized spacial score (nSPS) is 10.2. The molecule has 0 fully saturated rings. The molecule has 1 heterocycles.